The highest BCUT2D eigenvalue weighted by Gasteiger charge is 2.28. The lowest BCUT2D eigenvalue weighted by Crippen LogP contribution is -2.44. The Morgan fingerprint density at radius 3 is 2.77 bits per heavy atom. The third kappa shape index (κ3) is 4.33. The monoisotopic (exact) mass is 540 g/mol. The van der Waals surface area contributed by atoms with E-state index in [-0.39, 0.29) is 11.8 Å². The number of halogens is 2. The van der Waals surface area contributed by atoms with Crippen LogP contribution in [0.1, 0.15) is 23.2 Å². The Balaban J connectivity index is 1.60. The fraction of sp³-hybridized carbons (Fsp3) is 0.250. The number of urea groups is 1. The van der Waals surface area contributed by atoms with Gasteiger partial charge in [-0.2, -0.15) is 0 Å². The molecule has 0 atom stereocenters. The smallest absolute Gasteiger partial charge is 0.342 e. The number of rotatable bonds is 4. The van der Waals surface area contributed by atoms with Crippen LogP contribution in [-0.4, -0.2) is 41.1 Å². The first-order valence-corrected chi connectivity index (χ1v) is 11.2. The number of aromatic nitrogens is 1. The van der Waals surface area contributed by atoms with Crippen LogP contribution in [0.5, 0.6) is 0 Å². The van der Waals surface area contributed by atoms with Crippen molar-refractivity contribution >= 4 is 66.8 Å². The average Bonchev–Trinajstić information content (AvgIpc) is 3.08. The minimum Gasteiger partial charge on any atom is -0.459 e. The van der Waals surface area contributed by atoms with Gasteiger partial charge in [-0.3, -0.25) is 0 Å². The molecule has 0 bridgehead atoms. The van der Waals surface area contributed by atoms with Crippen molar-refractivity contribution in [3.63, 3.8) is 0 Å². The molecule has 156 valence electrons. The number of hydrogen-bond acceptors (Lipinski definition) is 6. The van der Waals surface area contributed by atoms with E-state index in [1.807, 2.05) is 22.6 Å². The molecule has 0 saturated carbocycles. The predicted molar refractivity (Wildman–Crippen MR) is 122 cm³/mol. The maximum Gasteiger partial charge on any atom is 0.342 e. The van der Waals surface area contributed by atoms with Gasteiger partial charge in [-0.05, 0) is 52.9 Å². The van der Waals surface area contributed by atoms with Crippen LogP contribution in [0.3, 0.4) is 0 Å². The number of benzene rings is 1. The van der Waals surface area contributed by atoms with E-state index in [4.69, 9.17) is 10.5 Å². The molecule has 0 aliphatic carbocycles. The molecule has 2 amide bonds. The van der Waals surface area contributed by atoms with E-state index >= 15 is 0 Å². The highest BCUT2D eigenvalue weighted by Crippen LogP contribution is 2.38. The molecule has 1 aliphatic rings. The highest BCUT2D eigenvalue weighted by atomic mass is 127. The largest absolute Gasteiger partial charge is 0.459 e. The molecule has 0 radical (unpaired) electrons. The molecule has 3 heterocycles. The number of primary amides is 1. The van der Waals surface area contributed by atoms with Crippen LogP contribution in [0, 0.1) is 9.39 Å². The van der Waals surface area contributed by atoms with E-state index in [0.29, 0.717) is 46.7 Å². The lowest BCUT2D eigenvalue weighted by molar-refractivity contribution is 0.0159. The Morgan fingerprint density at radius 2 is 2.07 bits per heavy atom. The summed E-state index contributed by atoms with van der Waals surface area (Å²) in [6.07, 6.45) is 2.36. The number of carbonyl (C=O) groups excluding carboxylic acids is 2. The van der Waals surface area contributed by atoms with Gasteiger partial charge in [0, 0.05) is 41.1 Å². The molecule has 7 nitrogen and oxygen atoms in total. The van der Waals surface area contributed by atoms with Gasteiger partial charge in [-0.25, -0.2) is 19.0 Å². The fourth-order valence-electron chi connectivity index (χ4n) is 3.34. The minimum absolute atomic E-state index is 0.269. The van der Waals surface area contributed by atoms with E-state index < -0.39 is 17.8 Å². The SMILES string of the molecule is NC(=O)N1CCC(OC(=O)c2c(Nc3ccc(I)cc3F)sc3ncccc23)CC1. The molecular formula is C20H18FIN4O3S. The van der Waals surface area contributed by atoms with E-state index in [2.05, 4.69) is 10.3 Å². The number of nitrogens with two attached hydrogens (primary N) is 1. The molecular weight excluding hydrogens is 522 g/mol. The molecule has 1 saturated heterocycles. The lowest BCUT2D eigenvalue weighted by atomic mass is 10.1. The first-order chi connectivity index (χ1) is 14.4. The minimum atomic E-state index is -0.500. The van der Waals surface area contributed by atoms with Crippen LogP contribution in [0.2, 0.25) is 0 Å². The van der Waals surface area contributed by atoms with Gasteiger partial charge in [-0.15, -0.1) is 0 Å². The first kappa shape index (κ1) is 20.8. The first-order valence-electron chi connectivity index (χ1n) is 9.27. The topological polar surface area (TPSA) is 97.5 Å². The van der Waals surface area contributed by atoms with Crippen molar-refractivity contribution in [3.05, 3.63) is 51.5 Å². The molecule has 0 spiro atoms. The fourth-order valence-corrected chi connectivity index (χ4v) is 4.84. The standard InChI is InChI=1S/C20H18FIN4O3S/c21-14-10-11(22)3-4-15(14)25-18-16(13-2-1-7-24-17(13)30-18)19(27)29-12-5-8-26(9-6-12)20(23)28/h1-4,7,10,12,25H,5-6,8-9H2,(H2,23,28). The summed E-state index contributed by atoms with van der Waals surface area (Å²) in [6.45, 7) is 0.885. The Kier molecular flexibility index (Phi) is 6.04. The molecule has 1 fully saturated rings. The number of ether oxygens (including phenoxy) is 1. The number of thiophene rings is 1. The average molecular weight is 540 g/mol. The molecule has 3 N–H and O–H groups in total. The zero-order valence-electron chi connectivity index (χ0n) is 15.7. The van der Waals surface area contributed by atoms with Crippen LogP contribution < -0.4 is 11.1 Å². The van der Waals surface area contributed by atoms with Gasteiger partial charge < -0.3 is 20.7 Å². The molecule has 1 aromatic carbocycles. The van der Waals surface area contributed by atoms with Gasteiger partial charge in [0.05, 0.1) is 5.69 Å². The van der Waals surface area contributed by atoms with Gasteiger partial charge in [-0.1, -0.05) is 11.3 Å². The second kappa shape index (κ2) is 8.72. The zero-order chi connectivity index (χ0) is 21.3. The molecule has 0 unspecified atom stereocenters. The number of hydrogen-bond donors (Lipinski definition) is 2. The van der Waals surface area contributed by atoms with Crippen molar-refractivity contribution < 1.29 is 18.7 Å². The van der Waals surface area contributed by atoms with E-state index in [1.54, 1.807) is 30.5 Å². The summed E-state index contributed by atoms with van der Waals surface area (Å²) in [5.74, 6) is -0.911. The Labute approximate surface area is 189 Å². The summed E-state index contributed by atoms with van der Waals surface area (Å²) in [4.78, 5) is 30.8. The molecule has 4 rings (SSSR count). The number of carbonyl (C=O) groups is 2. The highest BCUT2D eigenvalue weighted by molar-refractivity contribution is 14.1. The van der Waals surface area contributed by atoms with Crippen molar-refractivity contribution in [3.8, 4) is 0 Å². The summed E-state index contributed by atoms with van der Waals surface area (Å²) >= 11 is 3.30. The van der Waals surface area contributed by atoms with Gasteiger partial charge >= 0.3 is 12.0 Å². The third-order valence-corrected chi connectivity index (χ3v) is 6.58. The Morgan fingerprint density at radius 1 is 1.30 bits per heavy atom. The number of likely N-dealkylation sites (tertiary alicyclic amines) is 1. The maximum atomic E-state index is 14.4. The van der Waals surface area contributed by atoms with Crippen molar-refractivity contribution in [1.29, 1.82) is 0 Å². The van der Waals surface area contributed by atoms with Crippen LogP contribution >= 0.6 is 33.9 Å². The lowest BCUT2D eigenvalue weighted by Gasteiger charge is -2.30. The second-order valence-electron chi connectivity index (χ2n) is 6.84. The summed E-state index contributed by atoms with van der Waals surface area (Å²) in [5, 5.41) is 4.15. The van der Waals surface area contributed by atoms with Crippen molar-refractivity contribution in [2.24, 2.45) is 5.73 Å². The molecule has 3 aromatic rings. The Hall–Kier alpha value is -2.47. The summed E-state index contributed by atoms with van der Waals surface area (Å²) in [6, 6.07) is 7.89. The number of amides is 2. The number of pyridine rings is 1. The van der Waals surface area contributed by atoms with E-state index in [1.165, 1.54) is 22.3 Å². The normalized spacial score (nSPS) is 14.7. The van der Waals surface area contributed by atoms with Gasteiger partial charge in [0.25, 0.3) is 0 Å². The number of fused-ring (bicyclic) bond motifs is 1. The quantitative estimate of drug-likeness (QED) is 0.376. The molecule has 2 aromatic heterocycles. The number of nitrogens with one attached hydrogen (secondary N) is 1. The summed E-state index contributed by atoms with van der Waals surface area (Å²) < 4.78 is 20.9. The van der Waals surface area contributed by atoms with Gasteiger partial charge in [0.2, 0.25) is 0 Å². The number of piperidine rings is 1. The van der Waals surface area contributed by atoms with Crippen molar-refractivity contribution in [2.75, 3.05) is 18.4 Å². The zero-order valence-corrected chi connectivity index (χ0v) is 18.7. The van der Waals surface area contributed by atoms with Crippen LogP contribution in [0.4, 0.5) is 19.9 Å². The molecule has 1 aliphatic heterocycles. The second-order valence-corrected chi connectivity index (χ2v) is 9.09. The van der Waals surface area contributed by atoms with Crippen LogP contribution in [0.25, 0.3) is 10.2 Å². The van der Waals surface area contributed by atoms with Gasteiger partial charge in [0.1, 0.15) is 27.3 Å². The Bertz CT molecular complexity index is 1110. The number of esters is 1. The number of anilines is 2. The number of nitrogens with zero attached hydrogens (tertiary/aromatic N) is 2. The maximum absolute atomic E-state index is 14.4. The predicted octanol–water partition coefficient (Wildman–Crippen LogP) is 4.48. The third-order valence-electron chi connectivity index (χ3n) is 4.88. The van der Waals surface area contributed by atoms with Crippen LogP contribution in [-0.2, 0) is 4.74 Å². The van der Waals surface area contributed by atoms with E-state index in [9.17, 15) is 14.0 Å². The van der Waals surface area contributed by atoms with E-state index in [0.717, 1.165) is 3.57 Å². The summed E-state index contributed by atoms with van der Waals surface area (Å²) in [7, 11) is 0. The van der Waals surface area contributed by atoms with Crippen molar-refractivity contribution in [1.82, 2.24) is 9.88 Å². The van der Waals surface area contributed by atoms with Gasteiger partial charge in [0.15, 0.2) is 0 Å². The molecule has 30 heavy (non-hydrogen) atoms. The van der Waals surface area contributed by atoms with Crippen molar-refractivity contribution in [2.45, 2.75) is 18.9 Å². The van der Waals surface area contributed by atoms with Crippen LogP contribution in [0.15, 0.2) is 36.5 Å². The molecule has 10 heteroatoms. The summed E-state index contributed by atoms with van der Waals surface area (Å²) in [5.41, 5.74) is 5.90.